The van der Waals surface area contributed by atoms with Gasteiger partial charge in [-0.15, -0.1) is 0 Å². The van der Waals surface area contributed by atoms with Crippen LogP contribution in [0.25, 0.3) is 5.82 Å². The number of amidine groups is 2. The van der Waals surface area contributed by atoms with Gasteiger partial charge in [-0.25, -0.2) is 15.0 Å². The van der Waals surface area contributed by atoms with E-state index in [0.29, 0.717) is 11.8 Å². The fraction of sp³-hybridized carbons (Fsp3) is 0.176. The molecule has 0 radical (unpaired) electrons. The van der Waals surface area contributed by atoms with Crippen LogP contribution in [0.15, 0.2) is 107 Å². The summed E-state index contributed by atoms with van der Waals surface area (Å²) in [6, 6.07) is 31.2. The van der Waals surface area contributed by atoms with E-state index < -0.39 is 0 Å². The molecular formula is C34H31N7. The van der Waals surface area contributed by atoms with E-state index in [9.17, 15) is 0 Å². The number of fused-ring (bicyclic) bond motifs is 4. The first-order chi connectivity index (χ1) is 20.0. The summed E-state index contributed by atoms with van der Waals surface area (Å²) in [6.45, 7) is 8.59. The Kier molecular flexibility index (Phi) is 6.00. The summed E-state index contributed by atoms with van der Waals surface area (Å²) in [6.07, 6.45) is 1.78. The van der Waals surface area contributed by atoms with Gasteiger partial charge in [0.15, 0.2) is 23.3 Å². The highest BCUT2D eigenvalue weighted by Gasteiger charge is 2.41. The monoisotopic (exact) mass is 537 g/mol. The molecule has 2 aliphatic heterocycles. The average Bonchev–Trinajstić information content (AvgIpc) is 3.33. The number of aliphatic imine (C=N–C) groups is 2. The lowest BCUT2D eigenvalue weighted by atomic mass is 9.91. The molecule has 1 atom stereocenters. The molecule has 7 heteroatoms. The fourth-order valence-corrected chi connectivity index (χ4v) is 5.59. The molecule has 3 aromatic carbocycles. The quantitative estimate of drug-likeness (QED) is 0.254. The maximum absolute atomic E-state index is 5.29. The van der Waals surface area contributed by atoms with Gasteiger partial charge in [-0.1, -0.05) is 74.0 Å². The summed E-state index contributed by atoms with van der Waals surface area (Å²) in [4.78, 5) is 17.3. The molecule has 0 saturated carbocycles. The Morgan fingerprint density at radius 3 is 2.29 bits per heavy atom. The molecule has 0 bridgehead atoms. The number of aromatic nitrogens is 3. The SMILES string of the molecule is Cc1ccc(NC2=Nc3ccccc3N3C2=Nc2c(c(C)nn2-c2ccccn2)[C@@H]3c2ccc(C(C)C)cc2)cc1. The van der Waals surface area contributed by atoms with Crippen LogP contribution < -0.4 is 10.2 Å². The molecule has 0 saturated heterocycles. The van der Waals surface area contributed by atoms with Crippen LogP contribution >= 0.6 is 0 Å². The van der Waals surface area contributed by atoms with Crippen LogP contribution in [0.3, 0.4) is 0 Å². The minimum atomic E-state index is -0.164. The van der Waals surface area contributed by atoms with Crippen LogP contribution in [0.1, 0.15) is 53.8 Å². The van der Waals surface area contributed by atoms with Gasteiger partial charge in [-0.05, 0) is 67.3 Å². The molecule has 2 aromatic heterocycles. The molecule has 2 aliphatic rings. The molecule has 41 heavy (non-hydrogen) atoms. The van der Waals surface area contributed by atoms with Crippen LogP contribution in [0.4, 0.5) is 22.9 Å². The van der Waals surface area contributed by atoms with E-state index in [1.165, 1.54) is 11.1 Å². The Morgan fingerprint density at radius 2 is 1.56 bits per heavy atom. The number of hydrogen-bond acceptors (Lipinski definition) is 6. The third kappa shape index (κ3) is 4.30. The van der Waals surface area contributed by atoms with Crippen molar-refractivity contribution in [2.24, 2.45) is 9.98 Å². The van der Waals surface area contributed by atoms with Gasteiger partial charge >= 0.3 is 0 Å². The van der Waals surface area contributed by atoms with Crippen LogP contribution in [-0.4, -0.2) is 26.4 Å². The van der Waals surface area contributed by atoms with Gasteiger partial charge in [0.25, 0.3) is 0 Å². The molecule has 4 heterocycles. The predicted molar refractivity (Wildman–Crippen MR) is 166 cm³/mol. The molecule has 0 aliphatic carbocycles. The molecule has 5 aromatic rings. The Bertz CT molecular complexity index is 1800. The lowest BCUT2D eigenvalue weighted by Gasteiger charge is -2.40. The van der Waals surface area contributed by atoms with Gasteiger partial charge in [-0.3, -0.25) is 0 Å². The van der Waals surface area contributed by atoms with Crippen molar-refractivity contribution in [1.82, 2.24) is 14.8 Å². The lowest BCUT2D eigenvalue weighted by Crippen LogP contribution is -2.46. The maximum Gasteiger partial charge on any atom is 0.179 e. The van der Waals surface area contributed by atoms with E-state index in [0.717, 1.165) is 51.4 Å². The normalized spacial score (nSPS) is 15.5. The molecule has 7 nitrogen and oxygen atoms in total. The second kappa shape index (κ2) is 9.86. The maximum atomic E-state index is 5.29. The Morgan fingerprint density at radius 1 is 0.805 bits per heavy atom. The van der Waals surface area contributed by atoms with Gasteiger partial charge in [-0.2, -0.15) is 9.78 Å². The largest absolute Gasteiger partial charge is 0.337 e. The van der Waals surface area contributed by atoms with E-state index in [2.05, 4.69) is 110 Å². The summed E-state index contributed by atoms with van der Waals surface area (Å²) in [5.41, 5.74) is 8.50. The zero-order valence-electron chi connectivity index (χ0n) is 23.6. The topological polar surface area (TPSA) is 70.7 Å². The molecule has 7 rings (SSSR count). The smallest absolute Gasteiger partial charge is 0.179 e. The van der Waals surface area contributed by atoms with Crippen molar-refractivity contribution in [3.05, 3.63) is 125 Å². The van der Waals surface area contributed by atoms with E-state index in [-0.39, 0.29) is 6.04 Å². The molecular weight excluding hydrogens is 506 g/mol. The minimum Gasteiger partial charge on any atom is -0.337 e. The number of nitrogens with zero attached hydrogens (tertiary/aromatic N) is 6. The number of anilines is 2. The Labute approximate surface area is 239 Å². The number of rotatable bonds is 4. The van der Waals surface area contributed by atoms with E-state index in [4.69, 9.17) is 15.1 Å². The van der Waals surface area contributed by atoms with Crippen molar-refractivity contribution in [3.8, 4) is 5.82 Å². The number of para-hydroxylation sites is 2. The first-order valence-corrected chi connectivity index (χ1v) is 14.0. The van der Waals surface area contributed by atoms with Crippen molar-refractivity contribution in [2.75, 3.05) is 10.2 Å². The zero-order chi connectivity index (χ0) is 28.1. The molecule has 0 spiro atoms. The molecule has 0 amide bonds. The van der Waals surface area contributed by atoms with Crippen molar-refractivity contribution in [3.63, 3.8) is 0 Å². The third-order valence-corrected chi connectivity index (χ3v) is 7.74. The third-order valence-electron chi connectivity index (χ3n) is 7.74. The summed E-state index contributed by atoms with van der Waals surface area (Å²) < 4.78 is 1.86. The highest BCUT2D eigenvalue weighted by Crippen LogP contribution is 2.48. The highest BCUT2D eigenvalue weighted by atomic mass is 15.4. The molecule has 1 N–H and O–H groups in total. The Hall–Kier alpha value is -5.04. The van der Waals surface area contributed by atoms with E-state index in [1.807, 2.05) is 28.9 Å². The van der Waals surface area contributed by atoms with Gasteiger partial charge in [0.2, 0.25) is 0 Å². The number of pyridine rings is 1. The fourth-order valence-electron chi connectivity index (χ4n) is 5.59. The van der Waals surface area contributed by atoms with Crippen molar-refractivity contribution < 1.29 is 0 Å². The van der Waals surface area contributed by atoms with Crippen LogP contribution in [0.5, 0.6) is 0 Å². The van der Waals surface area contributed by atoms with Gasteiger partial charge < -0.3 is 10.2 Å². The lowest BCUT2D eigenvalue weighted by molar-refractivity contribution is 0.806. The summed E-state index contributed by atoms with van der Waals surface area (Å²) >= 11 is 0. The van der Waals surface area contributed by atoms with Gasteiger partial charge in [0.1, 0.15) is 0 Å². The van der Waals surface area contributed by atoms with E-state index in [1.54, 1.807) is 6.20 Å². The second-order valence-corrected chi connectivity index (χ2v) is 10.9. The highest BCUT2D eigenvalue weighted by molar-refractivity contribution is 6.51. The number of aryl methyl sites for hydroxylation is 2. The summed E-state index contributed by atoms with van der Waals surface area (Å²) in [7, 11) is 0. The predicted octanol–water partition coefficient (Wildman–Crippen LogP) is 7.80. The van der Waals surface area contributed by atoms with Gasteiger partial charge in [0.05, 0.1) is 23.1 Å². The standard InChI is InChI=1S/C34H31N7/c1-21(2)24-14-16-25(17-15-24)31-30-23(4)39-41(29-11-7-8-20-35-29)33(30)38-34-32(36-26-18-12-22(3)13-19-26)37-27-9-5-6-10-28(27)40(31)34/h5-21,31H,1-4H3,(H,36,37)/t31-/m0/s1. The molecule has 0 unspecified atom stereocenters. The zero-order valence-corrected chi connectivity index (χ0v) is 23.6. The molecule has 0 fully saturated rings. The minimum absolute atomic E-state index is 0.164. The molecule has 202 valence electrons. The van der Waals surface area contributed by atoms with Crippen molar-refractivity contribution in [2.45, 2.75) is 39.7 Å². The number of hydrogen-bond donors (Lipinski definition) is 1. The van der Waals surface area contributed by atoms with E-state index >= 15 is 0 Å². The van der Waals surface area contributed by atoms with Crippen molar-refractivity contribution >= 4 is 34.6 Å². The van der Waals surface area contributed by atoms with Crippen molar-refractivity contribution in [1.29, 1.82) is 0 Å². The van der Waals surface area contributed by atoms with Crippen LogP contribution in [0.2, 0.25) is 0 Å². The van der Waals surface area contributed by atoms with Crippen LogP contribution in [0, 0.1) is 13.8 Å². The summed E-state index contributed by atoms with van der Waals surface area (Å²) in [5.74, 6) is 3.37. The first-order valence-electron chi connectivity index (χ1n) is 14.0. The Balaban J connectivity index is 1.48. The average molecular weight is 538 g/mol. The summed E-state index contributed by atoms with van der Waals surface area (Å²) in [5, 5.41) is 8.55. The van der Waals surface area contributed by atoms with Crippen LogP contribution in [-0.2, 0) is 0 Å². The van der Waals surface area contributed by atoms with Gasteiger partial charge in [0, 0.05) is 17.4 Å². The second-order valence-electron chi connectivity index (χ2n) is 10.9. The first kappa shape index (κ1) is 25.0. The number of nitrogens with one attached hydrogen (secondary N) is 1. The number of benzene rings is 3.